The van der Waals surface area contributed by atoms with E-state index < -0.39 is 10.8 Å². The minimum absolute atomic E-state index is 0.0760. The Morgan fingerprint density at radius 3 is 2.70 bits per heavy atom. The Labute approximate surface area is 193 Å². The highest BCUT2D eigenvalue weighted by Gasteiger charge is 2.24. The summed E-state index contributed by atoms with van der Waals surface area (Å²) in [5.41, 5.74) is 3.52. The molecule has 4 aromatic rings. The third-order valence-corrected chi connectivity index (χ3v) is 5.41. The SMILES string of the molecule is Cc1nn(Cc2cccc(Cl)c2)c(C)c1NC(=O)c1noc(C)c1Cn1ccc([N+](=O)[O-])n1. The first kappa shape index (κ1) is 22.2. The molecule has 0 aliphatic heterocycles. The van der Waals surface area contributed by atoms with Crippen LogP contribution in [0.3, 0.4) is 0 Å². The smallest absolute Gasteiger partial charge is 0.361 e. The number of aryl methyl sites for hydroxylation is 2. The molecule has 1 N–H and O–H groups in total. The normalized spacial score (nSPS) is 11.0. The van der Waals surface area contributed by atoms with E-state index in [0.29, 0.717) is 34.3 Å². The maximum atomic E-state index is 13.0. The Morgan fingerprint density at radius 2 is 2.00 bits per heavy atom. The second-order valence-electron chi connectivity index (χ2n) is 7.48. The van der Waals surface area contributed by atoms with Gasteiger partial charge in [-0.15, -0.1) is 0 Å². The van der Waals surface area contributed by atoms with E-state index in [0.717, 1.165) is 11.3 Å². The van der Waals surface area contributed by atoms with Gasteiger partial charge in [0.1, 0.15) is 5.76 Å². The van der Waals surface area contributed by atoms with Crippen molar-refractivity contribution < 1.29 is 14.2 Å². The van der Waals surface area contributed by atoms with Crippen LogP contribution in [0.15, 0.2) is 41.1 Å². The molecule has 0 saturated carbocycles. The molecule has 170 valence electrons. The first-order valence-electron chi connectivity index (χ1n) is 9.95. The average Bonchev–Trinajstić information content (AvgIpc) is 3.44. The van der Waals surface area contributed by atoms with Crippen molar-refractivity contribution in [3.63, 3.8) is 0 Å². The lowest BCUT2D eigenvalue weighted by Gasteiger charge is -2.07. The lowest BCUT2D eigenvalue weighted by Crippen LogP contribution is -2.17. The lowest BCUT2D eigenvalue weighted by atomic mass is 10.1. The van der Waals surface area contributed by atoms with Gasteiger partial charge in [-0.3, -0.25) is 9.48 Å². The van der Waals surface area contributed by atoms with Crippen molar-refractivity contribution in [1.82, 2.24) is 24.7 Å². The maximum Gasteiger partial charge on any atom is 0.389 e. The molecule has 0 aliphatic carbocycles. The zero-order valence-corrected chi connectivity index (χ0v) is 18.8. The molecule has 0 saturated heterocycles. The number of anilines is 1. The summed E-state index contributed by atoms with van der Waals surface area (Å²) in [6, 6.07) is 8.76. The van der Waals surface area contributed by atoms with Crippen molar-refractivity contribution >= 4 is 29.0 Å². The summed E-state index contributed by atoms with van der Waals surface area (Å²) in [5.74, 6) is -0.339. The van der Waals surface area contributed by atoms with Gasteiger partial charge in [-0.2, -0.15) is 9.78 Å². The number of carbonyl (C=O) groups is 1. The van der Waals surface area contributed by atoms with Gasteiger partial charge in [0.2, 0.25) is 0 Å². The highest BCUT2D eigenvalue weighted by molar-refractivity contribution is 6.30. The highest BCUT2D eigenvalue weighted by atomic mass is 35.5. The van der Waals surface area contributed by atoms with Gasteiger partial charge in [0, 0.05) is 5.02 Å². The van der Waals surface area contributed by atoms with Crippen LogP contribution in [0.1, 0.15) is 38.8 Å². The standard InChI is InChI=1S/C21H20ClN7O4/c1-12-19(13(2)28(24-12)10-15-5-4-6-16(22)9-15)23-21(30)20-17(14(3)33-26-20)11-27-8-7-18(25-27)29(31)32/h4-9H,10-11H2,1-3H3,(H,23,30). The van der Waals surface area contributed by atoms with Crippen LogP contribution >= 0.6 is 11.6 Å². The predicted octanol–water partition coefficient (Wildman–Crippen LogP) is 3.90. The molecule has 1 amide bonds. The number of nitro groups is 1. The number of nitrogens with zero attached hydrogens (tertiary/aromatic N) is 6. The first-order chi connectivity index (χ1) is 15.7. The molecule has 0 bridgehead atoms. The maximum absolute atomic E-state index is 13.0. The molecule has 4 rings (SSSR count). The summed E-state index contributed by atoms with van der Waals surface area (Å²) in [7, 11) is 0. The van der Waals surface area contributed by atoms with Crippen LogP contribution in [-0.2, 0) is 13.1 Å². The molecule has 0 unspecified atom stereocenters. The zero-order valence-electron chi connectivity index (χ0n) is 18.1. The van der Waals surface area contributed by atoms with Crippen molar-refractivity contribution in [2.45, 2.75) is 33.9 Å². The van der Waals surface area contributed by atoms with Gasteiger partial charge in [0.05, 0.1) is 53.1 Å². The number of nitrogens with one attached hydrogen (secondary N) is 1. The second-order valence-corrected chi connectivity index (χ2v) is 7.92. The van der Waals surface area contributed by atoms with Crippen molar-refractivity contribution in [3.05, 3.63) is 85.6 Å². The van der Waals surface area contributed by atoms with Crippen LogP contribution in [0.25, 0.3) is 0 Å². The summed E-state index contributed by atoms with van der Waals surface area (Å²) in [4.78, 5) is 23.3. The summed E-state index contributed by atoms with van der Waals surface area (Å²) < 4.78 is 8.36. The third-order valence-electron chi connectivity index (χ3n) is 5.17. The molecular weight excluding hydrogens is 450 g/mol. The summed E-state index contributed by atoms with van der Waals surface area (Å²) in [6.45, 7) is 5.91. The second kappa shape index (κ2) is 8.87. The van der Waals surface area contributed by atoms with Gasteiger partial charge in [-0.1, -0.05) is 28.9 Å². The Kier molecular flexibility index (Phi) is 5.97. The summed E-state index contributed by atoms with van der Waals surface area (Å²) in [5, 5.41) is 26.7. The molecule has 0 atom stereocenters. The van der Waals surface area contributed by atoms with Gasteiger partial charge in [0.25, 0.3) is 5.91 Å². The lowest BCUT2D eigenvalue weighted by molar-refractivity contribution is -0.389. The van der Waals surface area contributed by atoms with E-state index in [1.807, 2.05) is 25.1 Å². The molecule has 3 aromatic heterocycles. The number of halogens is 1. The molecule has 11 nitrogen and oxygen atoms in total. The minimum atomic E-state index is -0.586. The summed E-state index contributed by atoms with van der Waals surface area (Å²) >= 11 is 6.07. The van der Waals surface area contributed by atoms with Crippen molar-refractivity contribution in [3.8, 4) is 0 Å². The van der Waals surface area contributed by atoms with Gasteiger partial charge in [-0.25, -0.2) is 0 Å². The van der Waals surface area contributed by atoms with Crippen molar-refractivity contribution in [2.24, 2.45) is 0 Å². The van der Waals surface area contributed by atoms with Crippen LogP contribution in [0.5, 0.6) is 0 Å². The Morgan fingerprint density at radius 1 is 1.21 bits per heavy atom. The molecule has 1 aromatic carbocycles. The number of benzene rings is 1. The summed E-state index contributed by atoms with van der Waals surface area (Å²) in [6.07, 6.45) is 1.46. The fourth-order valence-corrected chi connectivity index (χ4v) is 3.68. The molecular formula is C21H20ClN7O4. The average molecular weight is 470 g/mol. The largest absolute Gasteiger partial charge is 0.389 e. The molecule has 3 heterocycles. The van der Waals surface area contributed by atoms with E-state index >= 15 is 0 Å². The number of aromatic nitrogens is 5. The van der Waals surface area contributed by atoms with Crippen LogP contribution in [0.4, 0.5) is 11.5 Å². The van der Waals surface area contributed by atoms with Crippen LogP contribution in [0, 0.1) is 30.9 Å². The van der Waals surface area contributed by atoms with Gasteiger partial charge < -0.3 is 20.0 Å². The molecule has 0 spiro atoms. The number of amides is 1. The predicted molar refractivity (Wildman–Crippen MR) is 119 cm³/mol. The van der Waals surface area contributed by atoms with Crippen molar-refractivity contribution in [1.29, 1.82) is 0 Å². The van der Waals surface area contributed by atoms with Gasteiger partial charge >= 0.3 is 5.82 Å². The van der Waals surface area contributed by atoms with E-state index in [-0.39, 0.29) is 18.1 Å². The highest BCUT2D eigenvalue weighted by Crippen LogP contribution is 2.23. The van der Waals surface area contributed by atoms with Crippen LogP contribution in [0.2, 0.25) is 5.02 Å². The Balaban J connectivity index is 1.55. The molecule has 33 heavy (non-hydrogen) atoms. The van der Waals surface area contributed by atoms with E-state index in [2.05, 4.69) is 20.7 Å². The Hall–Kier alpha value is -3.99. The molecule has 0 aliphatic rings. The first-order valence-corrected chi connectivity index (χ1v) is 10.3. The quantitative estimate of drug-likeness (QED) is 0.320. The molecule has 0 fully saturated rings. The van der Waals surface area contributed by atoms with Gasteiger partial charge in [0.15, 0.2) is 5.69 Å². The molecule has 0 radical (unpaired) electrons. The fraction of sp³-hybridized carbons (Fsp3) is 0.238. The van der Waals surface area contributed by atoms with Crippen LogP contribution < -0.4 is 5.32 Å². The van der Waals surface area contributed by atoms with Gasteiger partial charge in [-0.05, 0) is 43.4 Å². The van der Waals surface area contributed by atoms with E-state index in [1.54, 1.807) is 24.6 Å². The topological polar surface area (TPSA) is 134 Å². The van der Waals surface area contributed by atoms with Crippen molar-refractivity contribution in [2.75, 3.05) is 5.32 Å². The van der Waals surface area contributed by atoms with E-state index in [1.165, 1.54) is 16.9 Å². The zero-order chi connectivity index (χ0) is 23.7. The van der Waals surface area contributed by atoms with E-state index in [9.17, 15) is 14.9 Å². The molecule has 12 heteroatoms. The number of carbonyl (C=O) groups excluding carboxylic acids is 1. The number of hydrogen-bond acceptors (Lipinski definition) is 7. The monoisotopic (exact) mass is 469 g/mol. The van der Waals surface area contributed by atoms with E-state index in [4.69, 9.17) is 16.1 Å². The number of rotatable bonds is 7. The minimum Gasteiger partial charge on any atom is -0.361 e. The number of hydrogen-bond donors (Lipinski definition) is 1. The Bertz CT molecular complexity index is 1350. The third kappa shape index (κ3) is 4.62. The van der Waals surface area contributed by atoms with Crippen LogP contribution in [-0.4, -0.2) is 35.5 Å². The fourth-order valence-electron chi connectivity index (χ4n) is 3.47.